The minimum absolute atomic E-state index is 0.0734. The third-order valence-corrected chi connectivity index (χ3v) is 5.64. The average molecular weight is 479 g/mol. The summed E-state index contributed by atoms with van der Waals surface area (Å²) in [6.07, 6.45) is -0.301. The summed E-state index contributed by atoms with van der Waals surface area (Å²) in [5, 5.41) is 24.6. The van der Waals surface area contributed by atoms with E-state index in [0.29, 0.717) is 18.1 Å². The summed E-state index contributed by atoms with van der Waals surface area (Å²) in [7, 11) is 0. The van der Waals surface area contributed by atoms with Crippen LogP contribution in [-0.2, 0) is 0 Å². The molecule has 3 aromatic rings. The summed E-state index contributed by atoms with van der Waals surface area (Å²) >= 11 is 0. The second kappa shape index (κ2) is 10.7. The molecule has 10 nitrogen and oxygen atoms in total. The smallest absolute Gasteiger partial charge is 0.330 e. The van der Waals surface area contributed by atoms with Crippen molar-refractivity contribution in [3.8, 4) is 17.1 Å². The van der Waals surface area contributed by atoms with E-state index in [-0.39, 0.29) is 24.5 Å². The molecule has 4 N–H and O–H groups in total. The summed E-state index contributed by atoms with van der Waals surface area (Å²) < 4.78 is 5.43. The summed E-state index contributed by atoms with van der Waals surface area (Å²) in [6, 6.07) is 13.0. The molecule has 0 bridgehead atoms. The van der Waals surface area contributed by atoms with Gasteiger partial charge < -0.3 is 20.3 Å². The summed E-state index contributed by atoms with van der Waals surface area (Å²) in [6.45, 7) is 5.89. The maximum absolute atomic E-state index is 13.5. The maximum atomic E-state index is 13.5. The molecule has 0 spiro atoms. The number of nitrogens with zero attached hydrogens (tertiary/aromatic N) is 4. The molecule has 0 saturated carbocycles. The van der Waals surface area contributed by atoms with Crippen LogP contribution in [0.1, 0.15) is 24.6 Å². The molecule has 2 aromatic heterocycles. The van der Waals surface area contributed by atoms with Crippen LogP contribution in [0.15, 0.2) is 42.5 Å². The lowest BCUT2D eigenvalue weighted by Crippen LogP contribution is -2.42. The van der Waals surface area contributed by atoms with Crippen LogP contribution in [0.2, 0.25) is 0 Å². The normalized spacial score (nSPS) is 16.0. The van der Waals surface area contributed by atoms with E-state index in [0.717, 1.165) is 28.9 Å². The first-order chi connectivity index (χ1) is 16.8. The number of aliphatic hydroxyl groups is 2. The highest BCUT2D eigenvalue weighted by atomic mass is 16.5. The molecule has 2 atom stereocenters. The van der Waals surface area contributed by atoms with E-state index in [4.69, 9.17) is 14.8 Å². The second-order valence-corrected chi connectivity index (χ2v) is 8.62. The number of rotatable bonds is 6. The van der Waals surface area contributed by atoms with E-state index >= 15 is 0 Å². The molecular weight excluding hydrogens is 448 g/mol. The van der Waals surface area contributed by atoms with Gasteiger partial charge in [-0.05, 0) is 45.4 Å². The first kappa shape index (κ1) is 24.4. The number of hydrogen-bond acceptors (Lipinski definition) is 8. The molecule has 0 fully saturated rings. The zero-order valence-corrected chi connectivity index (χ0v) is 20.0. The fourth-order valence-electron chi connectivity index (χ4n) is 3.84. The van der Waals surface area contributed by atoms with Crippen molar-refractivity contribution in [2.24, 2.45) is 0 Å². The highest BCUT2D eigenvalue weighted by molar-refractivity contribution is 6.03. The Morgan fingerprint density at radius 2 is 2.06 bits per heavy atom. The Labute approximate surface area is 204 Å². The summed E-state index contributed by atoms with van der Waals surface area (Å²) in [5.41, 5.74) is 4.22. The van der Waals surface area contributed by atoms with Crippen LogP contribution in [-0.4, -0.2) is 63.1 Å². The zero-order chi connectivity index (χ0) is 24.9. The van der Waals surface area contributed by atoms with E-state index in [9.17, 15) is 9.90 Å². The van der Waals surface area contributed by atoms with Crippen LogP contribution in [0.4, 0.5) is 22.2 Å². The molecule has 2 amide bonds. The number of benzene rings is 1. The summed E-state index contributed by atoms with van der Waals surface area (Å²) in [4.78, 5) is 28.5. The van der Waals surface area contributed by atoms with Gasteiger partial charge in [-0.1, -0.05) is 23.8 Å². The van der Waals surface area contributed by atoms with Gasteiger partial charge in [-0.15, -0.1) is 0 Å². The number of aliphatic hydroxyl groups excluding tert-OH is 2. The Balaban J connectivity index is 1.62. The molecule has 184 valence electrons. The van der Waals surface area contributed by atoms with E-state index < -0.39 is 18.7 Å². The van der Waals surface area contributed by atoms with E-state index in [1.165, 1.54) is 0 Å². The van der Waals surface area contributed by atoms with Gasteiger partial charge in [0.15, 0.2) is 5.82 Å². The number of nitrogens with one attached hydrogen (secondary N) is 2. The quantitative estimate of drug-likeness (QED) is 0.425. The van der Waals surface area contributed by atoms with Gasteiger partial charge in [0.05, 0.1) is 18.0 Å². The highest BCUT2D eigenvalue weighted by Crippen LogP contribution is 2.32. The number of urea groups is 1. The first-order valence-electron chi connectivity index (χ1n) is 11.5. The number of aryl methyl sites for hydroxylation is 2. The van der Waals surface area contributed by atoms with Gasteiger partial charge in [-0.3, -0.25) is 10.2 Å². The lowest BCUT2D eigenvalue weighted by Gasteiger charge is -2.27. The summed E-state index contributed by atoms with van der Waals surface area (Å²) in [5.74, 6) is 0.789. The minimum Gasteiger partial charge on any atom is -0.475 e. The Hall–Kier alpha value is -3.76. The third-order valence-electron chi connectivity index (χ3n) is 5.64. The predicted molar refractivity (Wildman–Crippen MR) is 134 cm³/mol. The van der Waals surface area contributed by atoms with Gasteiger partial charge in [0.25, 0.3) is 0 Å². The van der Waals surface area contributed by atoms with Gasteiger partial charge in [0.2, 0.25) is 11.8 Å². The number of carbonyl (C=O) groups is 1. The number of pyridine rings is 1. The Morgan fingerprint density at radius 1 is 1.23 bits per heavy atom. The maximum Gasteiger partial charge on any atom is 0.330 e. The monoisotopic (exact) mass is 478 g/mol. The fourth-order valence-corrected chi connectivity index (χ4v) is 3.84. The van der Waals surface area contributed by atoms with Crippen molar-refractivity contribution >= 4 is 23.5 Å². The van der Waals surface area contributed by atoms with Crippen molar-refractivity contribution in [2.75, 3.05) is 35.3 Å². The molecule has 1 unspecified atom stereocenters. The van der Waals surface area contributed by atoms with Crippen molar-refractivity contribution in [1.82, 2.24) is 15.0 Å². The Morgan fingerprint density at radius 3 is 2.83 bits per heavy atom. The number of fused-ring (bicyclic) bond motifs is 1. The predicted octanol–water partition coefficient (Wildman–Crippen LogP) is 3.13. The van der Waals surface area contributed by atoms with Gasteiger partial charge in [-0.25, -0.2) is 14.8 Å². The molecule has 4 rings (SSSR count). The average Bonchev–Trinajstić information content (AvgIpc) is 2.99. The number of ether oxygens (including phenoxy) is 1. The number of aromatic nitrogens is 3. The van der Waals surface area contributed by atoms with E-state index in [1.54, 1.807) is 17.9 Å². The van der Waals surface area contributed by atoms with Crippen LogP contribution in [0.3, 0.4) is 0 Å². The third kappa shape index (κ3) is 5.84. The number of anilines is 3. The van der Waals surface area contributed by atoms with Gasteiger partial charge in [0.1, 0.15) is 12.7 Å². The second-order valence-electron chi connectivity index (χ2n) is 8.62. The SMILES string of the molecule is Cc1cccc(-c2ccc3c(n2)N(C(=O)Nc2nc(C)cc(OCC(O)CO)n2)[C@H](C)CCN3)c1. The van der Waals surface area contributed by atoms with Crippen LogP contribution in [0.25, 0.3) is 11.3 Å². The number of hydrogen-bond donors (Lipinski definition) is 4. The Kier molecular flexibility index (Phi) is 7.42. The van der Waals surface area contributed by atoms with Crippen LogP contribution >= 0.6 is 0 Å². The van der Waals surface area contributed by atoms with Crippen LogP contribution in [0.5, 0.6) is 5.88 Å². The van der Waals surface area contributed by atoms with Crippen molar-refractivity contribution in [2.45, 2.75) is 39.3 Å². The standard InChI is InChI=1S/C25H30N6O4/c1-15-5-4-6-18(11-15)20-7-8-21-23(28-20)31(17(3)9-10-26-21)25(34)30-24-27-16(2)12-22(29-24)35-14-19(33)13-32/h4-8,11-12,17,19,26,32-33H,9-10,13-14H2,1-3H3,(H,27,29,30,34)/t17-,19?/m1/s1. The van der Waals surface area contributed by atoms with Crippen molar-refractivity contribution < 1.29 is 19.7 Å². The Bertz CT molecular complexity index is 1200. The number of amides is 2. The number of carbonyl (C=O) groups excluding carboxylic acids is 1. The molecule has 35 heavy (non-hydrogen) atoms. The zero-order valence-electron chi connectivity index (χ0n) is 20.0. The fraction of sp³-hybridized carbons (Fsp3) is 0.360. The molecule has 0 radical (unpaired) electrons. The van der Waals surface area contributed by atoms with Crippen molar-refractivity contribution in [3.63, 3.8) is 0 Å². The van der Waals surface area contributed by atoms with Gasteiger partial charge in [0, 0.05) is 29.9 Å². The topological polar surface area (TPSA) is 133 Å². The minimum atomic E-state index is -1.03. The van der Waals surface area contributed by atoms with Gasteiger partial charge in [-0.2, -0.15) is 4.98 Å². The van der Waals surface area contributed by atoms with Crippen LogP contribution < -0.4 is 20.3 Å². The molecule has 1 aromatic carbocycles. The molecule has 0 saturated heterocycles. The molecular formula is C25H30N6O4. The lowest BCUT2D eigenvalue weighted by molar-refractivity contribution is 0.0521. The van der Waals surface area contributed by atoms with Crippen molar-refractivity contribution in [3.05, 3.63) is 53.7 Å². The van der Waals surface area contributed by atoms with Crippen LogP contribution in [0, 0.1) is 13.8 Å². The first-order valence-corrected chi connectivity index (χ1v) is 11.5. The van der Waals surface area contributed by atoms with E-state index in [2.05, 4.69) is 26.7 Å². The largest absolute Gasteiger partial charge is 0.475 e. The molecule has 1 aliphatic heterocycles. The highest BCUT2D eigenvalue weighted by Gasteiger charge is 2.29. The lowest BCUT2D eigenvalue weighted by atomic mass is 10.1. The molecule has 1 aliphatic rings. The van der Waals surface area contributed by atoms with E-state index in [1.807, 2.05) is 44.2 Å². The molecule has 10 heteroatoms. The van der Waals surface area contributed by atoms with Gasteiger partial charge >= 0.3 is 6.03 Å². The van der Waals surface area contributed by atoms with Crippen molar-refractivity contribution in [1.29, 1.82) is 0 Å². The molecule has 0 aliphatic carbocycles. The molecule has 3 heterocycles.